The Morgan fingerprint density at radius 2 is 1.81 bits per heavy atom. The van der Waals surface area contributed by atoms with Gasteiger partial charge >= 0.3 is 0 Å². The van der Waals surface area contributed by atoms with E-state index in [1.165, 1.54) is 11.3 Å². The number of aliphatic imine (C=N–C) groups is 1. The van der Waals surface area contributed by atoms with Crippen molar-refractivity contribution in [2.75, 3.05) is 44.3 Å². The summed E-state index contributed by atoms with van der Waals surface area (Å²) in [4.78, 5) is 7.11. The number of nitrogens with zero attached hydrogens (tertiary/aromatic N) is 2. The van der Waals surface area contributed by atoms with Crippen LogP contribution in [0.2, 0.25) is 0 Å². The third-order valence-electron chi connectivity index (χ3n) is 5.19. The molecule has 0 bridgehead atoms. The van der Waals surface area contributed by atoms with Gasteiger partial charge in [0, 0.05) is 31.9 Å². The molecule has 1 atom stereocenters. The number of ether oxygens (including phenoxy) is 2. The van der Waals surface area contributed by atoms with Crippen LogP contribution in [0, 0.1) is 0 Å². The first-order valence-electron chi connectivity index (χ1n) is 11.4. The molecule has 1 heterocycles. The second-order valence-electron chi connectivity index (χ2n) is 8.06. The zero-order valence-electron chi connectivity index (χ0n) is 19.4. The SMILES string of the molecule is CCNC(=NCc1ccccc1N1CCOCC1)NCC(O)c1ccc(OC(C)C)cc1. The molecule has 0 radical (unpaired) electrons. The van der Waals surface area contributed by atoms with Crippen LogP contribution in [0.15, 0.2) is 53.5 Å². The molecule has 0 aliphatic carbocycles. The number of benzene rings is 2. The molecule has 32 heavy (non-hydrogen) atoms. The summed E-state index contributed by atoms with van der Waals surface area (Å²) >= 11 is 0. The van der Waals surface area contributed by atoms with E-state index in [9.17, 15) is 5.11 Å². The largest absolute Gasteiger partial charge is 0.491 e. The first kappa shape index (κ1) is 23.9. The van der Waals surface area contributed by atoms with Crippen LogP contribution in [-0.2, 0) is 11.3 Å². The second kappa shape index (κ2) is 12.3. The smallest absolute Gasteiger partial charge is 0.191 e. The minimum absolute atomic E-state index is 0.125. The Kier molecular flexibility index (Phi) is 9.19. The molecule has 0 spiro atoms. The highest BCUT2D eigenvalue weighted by Gasteiger charge is 2.14. The van der Waals surface area contributed by atoms with Crippen LogP contribution in [0.5, 0.6) is 5.75 Å². The Balaban J connectivity index is 1.60. The van der Waals surface area contributed by atoms with Crippen LogP contribution in [0.25, 0.3) is 0 Å². The number of morpholine rings is 1. The highest BCUT2D eigenvalue weighted by atomic mass is 16.5. The molecule has 1 saturated heterocycles. The van der Waals surface area contributed by atoms with Crippen LogP contribution < -0.4 is 20.3 Å². The van der Waals surface area contributed by atoms with Gasteiger partial charge in [-0.1, -0.05) is 30.3 Å². The van der Waals surface area contributed by atoms with Crippen molar-refractivity contribution in [1.82, 2.24) is 10.6 Å². The van der Waals surface area contributed by atoms with E-state index in [4.69, 9.17) is 14.5 Å². The van der Waals surface area contributed by atoms with Crippen molar-refractivity contribution in [2.24, 2.45) is 4.99 Å². The molecule has 7 nitrogen and oxygen atoms in total. The van der Waals surface area contributed by atoms with E-state index >= 15 is 0 Å². The Morgan fingerprint density at radius 1 is 1.09 bits per heavy atom. The van der Waals surface area contributed by atoms with Crippen LogP contribution in [0.4, 0.5) is 5.69 Å². The van der Waals surface area contributed by atoms with E-state index in [2.05, 4.69) is 33.7 Å². The van der Waals surface area contributed by atoms with E-state index in [-0.39, 0.29) is 6.10 Å². The maximum atomic E-state index is 10.6. The molecule has 174 valence electrons. The summed E-state index contributed by atoms with van der Waals surface area (Å²) in [5, 5.41) is 17.1. The van der Waals surface area contributed by atoms with Crippen LogP contribution in [0.1, 0.15) is 38.0 Å². The summed E-state index contributed by atoms with van der Waals surface area (Å²) in [6.07, 6.45) is -0.521. The van der Waals surface area contributed by atoms with Crippen LogP contribution in [-0.4, -0.2) is 56.6 Å². The Bertz CT molecular complexity index is 849. The number of hydrogen-bond donors (Lipinski definition) is 3. The molecule has 3 N–H and O–H groups in total. The fourth-order valence-electron chi connectivity index (χ4n) is 3.62. The second-order valence-corrected chi connectivity index (χ2v) is 8.06. The number of para-hydroxylation sites is 1. The first-order valence-corrected chi connectivity index (χ1v) is 11.4. The summed E-state index contributed by atoms with van der Waals surface area (Å²) < 4.78 is 11.2. The van der Waals surface area contributed by atoms with Gasteiger partial charge in [-0.3, -0.25) is 0 Å². The van der Waals surface area contributed by atoms with Crippen LogP contribution >= 0.6 is 0 Å². The molecule has 2 aromatic rings. The number of hydrogen-bond acceptors (Lipinski definition) is 5. The quantitative estimate of drug-likeness (QED) is 0.411. The maximum absolute atomic E-state index is 10.6. The number of anilines is 1. The molecule has 0 amide bonds. The fourth-order valence-corrected chi connectivity index (χ4v) is 3.62. The van der Waals surface area contributed by atoms with Crippen molar-refractivity contribution < 1.29 is 14.6 Å². The molecular weight excluding hydrogens is 404 g/mol. The summed E-state index contributed by atoms with van der Waals surface area (Å²) in [5.74, 6) is 1.49. The van der Waals surface area contributed by atoms with Gasteiger partial charge in [0.25, 0.3) is 0 Å². The van der Waals surface area contributed by atoms with Crippen molar-refractivity contribution in [1.29, 1.82) is 0 Å². The van der Waals surface area contributed by atoms with Gasteiger partial charge in [0.15, 0.2) is 5.96 Å². The van der Waals surface area contributed by atoms with E-state index in [0.717, 1.165) is 44.2 Å². The van der Waals surface area contributed by atoms with Crippen molar-refractivity contribution >= 4 is 11.6 Å². The summed E-state index contributed by atoms with van der Waals surface area (Å²) in [6.45, 7) is 11.0. The minimum atomic E-state index is -0.646. The highest BCUT2D eigenvalue weighted by Crippen LogP contribution is 2.22. The van der Waals surface area contributed by atoms with E-state index in [1.807, 2.05) is 51.1 Å². The van der Waals surface area contributed by atoms with Gasteiger partial charge in [0.1, 0.15) is 5.75 Å². The summed E-state index contributed by atoms with van der Waals surface area (Å²) in [6, 6.07) is 15.9. The van der Waals surface area contributed by atoms with Gasteiger partial charge in [-0.25, -0.2) is 4.99 Å². The molecule has 1 aliphatic rings. The monoisotopic (exact) mass is 440 g/mol. The fraction of sp³-hybridized carbons (Fsp3) is 0.480. The van der Waals surface area contributed by atoms with Gasteiger partial charge in [0.05, 0.1) is 32.0 Å². The number of guanidine groups is 1. The summed E-state index contributed by atoms with van der Waals surface area (Å²) in [5.41, 5.74) is 3.22. The molecule has 0 aromatic heterocycles. The zero-order chi connectivity index (χ0) is 22.8. The number of aliphatic hydroxyl groups is 1. The van der Waals surface area contributed by atoms with Gasteiger partial charge in [-0.05, 0) is 50.1 Å². The molecular formula is C25H36N4O3. The molecule has 1 fully saturated rings. The zero-order valence-corrected chi connectivity index (χ0v) is 19.4. The lowest BCUT2D eigenvalue weighted by molar-refractivity contribution is 0.122. The van der Waals surface area contributed by atoms with Gasteiger partial charge < -0.3 is 30.1 Å². The van der Waals surface area contributed by atoms with Crippen molar-refractivity contribution in [3.63, 3.8) is 0 Å². The number of nitrogens with one attached hydrogen (secondary N) is 2. The number of aliphatic hydroxyl groups excluding tert-OH is 1. The van der Waals surface area contributed by atoms with E-state index < -0.39 is 6.10 Å². The lowest BCUT2D eigenvalue weighted by Gasteiger charge is -2.30. The Hall–Kier alpha value is -2.77. The molecule has 1 aliphatic heterocycles. The predicted molar refractivity (Wildman–Crippen MR) is 129 cm³/mol. The van der Waals surface area contributed by atoms with E-state index in [0.29, 0.717) is 19.0 Å². The third-order valence-corrected chi connectivity index (χ3v) is 5.19. The highest BCUT2D eigenvalue weighted by molar-refractivity contribution is 5.80. The lowest BCUT2D eigenvalue weighted by Crippen LogP contribution is -2.39. The standard InChI is InChI=1S/C25H36N4O3/c1-4-26-25(28-18-24(30)20-9-11-22(12-10-20)32-19(2)3)27-17-21-7-5-6-8-23(21)29-13-15-31-16-14-29/h5-12,19,24,30H,4,13-18H2,1-3H3,(H2,26,27,28). The van der Waals surface area contributed by atoms with Crippen molar-refractivity contribution in [3.05, 3.63) is 59.7 Å². The molecule has 0 saturated carbocycles. The van der Waals surface area contributed by atoms with Gasteiger partial charge in [0.2, 0.25) is 0 Å². The average molecular weight is 441 g/mol. The average Bonchev–Trinajstić information content (AvgIpc) is 2.81. The van der Waals surface area contributed by atoms with Crippen molar-refractivity contribution in [3.8, 4) is 5.75 Å². The van der Waals surface area contributed by atoms with Crippen LogP contribution in [0.3, 0.4) is 0 Å². The molecule has 2 aromatic carbocycles. The minimum Gasteiger partial charge on any atom is -0.491 e. The molecule has 3 rings (SSSR count). The van der Waals surface area contributed by atoms with Gasteiger partial charge in [-0.15, -0.1) is 0 Å². The Labute approximate surface area is 191 Å². The van der Waals surface area contributed by atoms with E-state index in [1.54, 1.807) is 0 Å². The maximum Gasteiger partial charge on any atom is 0.191 e. The summed E-state index contributed by atoms with van der Waals surface area (Å²) in [7, 11) is 0. The Morgan fingerprint density at radius 3 is 2.50 bits per heavy atom. The predicted octanol–water partition coefficient (Wildman–Crippen LogP) is 3.10. The topological polar surface area (TPSA) is 78.4 Å². The normalized spacial score (nSPS) is 15.5. The van der Waals surface area contributed by atoms with Gasteiger partial charge in [-0.2, -0.15) is 0 Å². The lowest BCUT2D eigenvalue weighted by atomic mass is 10.1. The van der Waals surface area contributed by atoms with Crippen molar-refractivity contribution in [2.45, 2.75) is 39.5 Å². The number of rotatable bonds is 9. The first-order chi connectivity index (χ1) is 15.6. The molecule has 1 unspecified atom stereocenters. The molecule has 7 heteroatoms. The third kappa shape index (κ3) is 7.14.